The summed E-state index contributed by atoms with van der Waals surface area (Å²) < 4.78 is 0. The molecule has 1 aliphatic carbocycles. The molecule has 0 saturated heterocycles. The molecule has 1 heterocycles. The Hall–Kier alpha value is -1.61. The number of aliphatic hydroxyl groups is 1. The van der Waals surface area contributed by atoms with Gasteiger partial charge in [0.1, 0.15) is 0 Å². The van der Waals surface area contributed by atoms with Crippen molar-refractivity contribution in [1.82, 2.24) is 4.98 Å². The Morgan fingerprint density at radius 2 is 2.06 bits per heavy atom. The zero-order valence-corrected chi connectivity index (χ0v) is 9.84. The largest absolute Gasteiger partial charge is 0.392 e. The summed E-state index contributed by atoms with van der Waals surface area (Å²) in [5.41, 5.74) is 4.96. The highest BCUT2D eigenvalue weighted by atomic mass is 16.3. The Kier molecular flexibility index (Phi) is 2.30. The summed E-state index contributed by atoms with van der Waals surface area (Å²) in [4.78, 5) is 14.9. The molecule has 1 aromatic carbocycles. The van der Waals surface area contributed by atoms with Crippen molar-refractivity contribution in [3.8, 4) is 0 Å². The quantitative estimate of drug-likeness (QED) is 0.783. The predicted octanol–water partition coefficient (Wildman–Crippen LogP) is 1.82. The molecule has 1 aromatic heterocycles. The molecule has 2 N–H and O–H groups in total. The van der Waals surface area contributed by atoms with E-state index in [2.05, 4.69) is 4.98 Å². The molecule has 0 fully saturated rings. The van der Waals surface area contributed by atoms with Gasteiger partial charge in [-0.25, -0.2) is 0 Å². The van der Waals surface area contributed by atoms with Crippen molar-refractivity contribution < 1.29 is 5.11 Å². The summed E-state index contributed by atoms with van der Waals surface area (Å²) in [7, 11) is 0. The Morgan fingerprint density at radius 3 is 2.82 bits per heavy atom. The van der Waals surface area contributed by atoms with Crippen LogP contribution < -0.4 is 5.56 Å². The topological polar surface area (TPSA) is 53.1 Å². The van der Waals surface area contributed by atoms with Crippen molar-refractivity contribution in [2.24, 2.45) is 0 Å². The van der Waals surface area contributed by atoms with Crippen LogP contribution in [0.4, 0.5) is 0 Å². The van der Waals surface area contributed by atoms with Crippen LogP contribution in [0.25, 0.3) is 10.9 Å². The molecular formula is C14H15NO2. The molecule has 88 valence electrons. The van der Waals surface area contributed by atoms with Crippen molar-refractivity contribution in [3.63, 3.8) is 0 Å². The number of hydrogen-bond donors (Lipinski definition) is 2. The molecule has 1 aliphatic rings. The Morgan fingerprint density at radius 1 is 1.29 bits per heavy atom. The minimum absolute atomic E-state index is 0.0148. The van der Waals surface area contributed by atoms with Crippen LogP contribution in [0.1, 0.15) is 28.7 Å². The third-order valence-electron chi connectivity index (χ3n) is 3.80. The maximum atomic E-state index is 12.0. The second-order valence-electron chi connectivity index (χ2n) is 4.70. The van der Waals surface area contributed by atoms with Crippen LogP contribution >= 0.6 is 0 Å². The minimum atomic E-state index is 0.0148. The van der Waals surface area contributed by atoms with Gasteiger partial charge in [0, 0.05) is 10.9 Å². The minimum Gasteiger partial charge on any atom is -0.392 e. The Labute approximate surface area is 99.1 Å². The molecule has 0 spiro atoms. The molecule has 3 heteroatoms. The standard InChI is InChI=1S/C14H15NO2/c1-8-9(7-16)5-6-11-10-3-2-4-12(10)14(17)15-13(8)11/h5-6,16H,2-4,7H2,1H3,(H,15,17). The average molecular weight is 229 g/mol. The first-order chi connectivity index (χ1) is 8.22. The fraction of sp³-hybridized carbons (Fsp3) is 0.357. The van der Waals surface area contributed by atoms with Crippen molar-refractivity contribution in [3.05, 3.63) is 44.7 Å². The molecule has 0 saturated carbocycles. The number of H-pyrrole nitrogens is 1. The fourth-order valence-electron chi connectivity index (χ4n) is 2.82. The molecule has 0 aliphatic heterocycles. The predicted molar refractivity (Wildman–Crippen MR) is 67.3 cm³/mol. The van der Waals surface area contributed by atoms with E-state index >= 15 is 0 Å². The van der Waals surface area contributed by atoms with Gasteiger partial charge in [-0.15, -0.1) is 0 Å². The molecular weight excluding hydrogens is 214 g/mol. The highest BCUT2D eigenvalue weighted by molar-refractivity contribution is 5.87. The second kappa shape index (κ2) is 3.70. The number of aryl methyl sites for hydroxylation is 2. The SMILES string of the molecule is Cc1c(CO)ccc2c3c(c(=O)[nH]c12)CCC3. The lowest BCUT2D eigenvalue weighted by atomic mass is 9.99. The van der Waals surface area contributed by atoms with Gasteiger partial charge in [-0.1, -0.05) is 12.1 Å². The van der Waals surface area contributed by atoms with Crippen molar-refractivity contribution in [2.45, 2.75) is 32.8 Å². The summed E-state index contributed by atoms with van der Waals surface area (Å²) >= 11 is 0. The van der Waals surface area contributed by atoms with Gasteiger partial charge in [0.05, 0.1) is 12.1 Å². The van der Waals surface area contributed by atoms with E-state index in [1.807, 2.05) is 19.1 Å². The number of fused-ring (bicyclic) bond motifs is 3. The van der Waals surface area contributed by atoms with Gasteiger partial charge >= 0.3 is 0 Å². The molecule has 3 rings (SSSR count). The fourth-order valence-corrected chi connectivity index (χ4v) is 2.82. The van der Waals surface area contributed by atoms with E-state index in [1.54, 1.807) is 0 Å². The van der Waals surface area contributed by atoms with Gasteiger partial charge in [-0.3, -0.25) is 4.79 Å². The number of benzene rings is 1. The number of rotatable bonds is 1. The van der Waals surface area contributed by atoms with E-state index < -0.39 is 0 Å². The van der Waals surface area contributed by atoms with E-state index in [4.69, 9.17) is 0 Å². The first-order valence-electron chi connectivity index (χ1n) is 5.99. The van der Waals surface area contributed by atoms with Crippen LogP contribution in [-0.2, 0) is 19.4 Å². The second-order valence-corrected chi connectivity index (χ2v) is 4.70. The lowest BCUT2D eigenvalue weighted by molar-refractivity contribution is 0.281. The van der Waals surface area contributed by atoms with E-state index in [1.165, 1.54) is 5.56 Å². The van der Waals surface area contributed by atoms with Gasteiger partial charge in [-0.05, 0) is 42.9 Å². The Bertz CT molecular complexity index is 655. The monoisotopic (exact) mass is 229 g/mol. The van der Waals surface area contributed by atoms with Gasteiger partial charge in [0.2, 0.25) is 0 Å². The zero-order chi connectivity index (χ0) is 12.0. The average Bonchev–Trinajstić information content (AvgIpc) is 2.81. The maximum Gasteiger partial charge on any atom is 0.251 e. The van der Waals surface area contributed by atoms with E-state index in [0.717, 1.165) is 46.9 Å². The molecule has 3 nitrogen and oxygen atoms in total. The molecule has 0 amide bonds. The lowest BCUT2D eigenvalue weighted by Gasteiger charge is -2.10. The third-order valence-corrected chi connectivity index (χ3v) is 3.80. The summed E-state index contributed by atoms with van der Waals surface area (Å²) in [5.74, 6) is 0. The van der Waals surface area contributed by atoms with E-state index in [9.17, 15) is 9.90 Å². The molecule has 0 unspecified atom stereocenters. The number of aliphatic hydroxyl groups excluding tert-OH is 1. The van der Waals surface area contributed by atoms with Crippen LogP contribution in [0, 0.1) is 6.92 Å². The summed E-state index contributed by atoms with van der Waals surface area (Å²) in [6.07, 6.45) is 2.95. The highest BCUT2D eigenvalue weighted by Crippen LogP contribution is 2.28. The summed E-state index contributed by atoms with van der Waals surface area (Å²) in [5, 5.41) is 10.4. The zero-order valence-electron chi connectivity index (χ0n) is 9.84. The van der Waals surface area contributed by atoms with Gasteiger partial charge in [0.15, 0.2) is 0 Å². The van der Waals surface area contributed by atoms with Crippen LogP contribution in [0.15, 0.2) is 16.9 Å². The number of pyridine rings is 1. The van der Waals surface area contributed by atoms with Gasteiger partial charge in [-0.2, -0.15) is 0 Å². The number of nitrogens with one attached hydrogen (secondary N) is 1. The van der Waals surface area contributed by atoms with Crippen LogP contribution in [0.3, 0.4) is 0 Å². The summed E-state index contributed by atoms with van der Waals surface area (Å²) in [6.45, 7) is 1.96. The third kappa shape index (κ3) is 1.42. The maximum absolute atomic E-state index is 12.0. The molecule has 0 radical (unpaired) electrons. The van der Waals surface area contributed by atoms with Crippen LogP contribution in [0.2, 0.25) is 0 Å². The Balaban J connectivity index is 2.45. The molecule has 0 bridgehead atoms. The number of aromatic amines is 1. The number of hydrogen-bond acceptors (Lipinski definition) is 2. The first-order valence-corrected chi connectivity index (χ1v) is 5.99. The van der Waals surface area contributed by atoms with E-state index in [-0.39, 0.29) is 12.2 Å². The first kappa shape index (κ1) is 10.5. The summed E-state index contributed by atoms with van der Waals surface area (Å²) in [6, 6.07) is 3.97. The molecule has 0 atom stereocenters. The smallest absolute Gasteiger partial charge is 0.251 e. The van der Waals surface area contributed by atoms with Gasteiger partial charge in [0.25, 0.3) is 5.56 Å². The molecule has 2 aromatic rings. The lowest BCUT2D eigenvalue weighted by Crippen LogP contribution is -2.13. The molecule has 17 heavy (non-hydrogen) atoms. The van der Waals surface area contributed by atoms with Crippen molar-refractivity contribution in [1.29, 1.82) is 0 Å². The van der Waals surface area contributed by atoms with Crippen LogP contribution in [0.5, 0.6) is 0 Å². The van der Waals surface area contributed by atoms with Crippen LogP contribution in [-0.4, -0.2) is 10.1 Å². The van der Waals surface area contributed by atoms with Crippen molar-refractivity contribution >= 4 is 10.9 Å². The van der Waals surface area contributed by atoms with Crippen molar-refractivity contribution in [2.75, 3.05) is 0 Å². The van der Waals surface area contributed by atoms with Gasteiger partial charge < -0.3 is 10.1 Å². The highest BCUT2D eigenvalue weighted by Gasteiger charge is 2.18. The number of aromatic nitrogens is 1. The van der Waals surface area contributed by atoms with E-state index in [0.29, 0.717) is 0 Å². The normalized spacial score (nSPS) is 14.2.